The summed E-state index contributed by atoms with van der Waals surface area (Å²) >= 11 is 0. The third-order valence-corrected chi connectivity index (χ3v) is 3.44. The molecule has 0 aliphatic heterocycles. The molecule has 0 aromatic heterocycles. The summed E-state index contributed by atoms with van der Waals surface area (Å²) in [5, 5.41) is 22.4. The number of nitrogens with one attached hydrogen (secondary N) is 1. The van der Waals surface area contributed by atoms with Crippen LogP contribution in [0.4, 0.5) is 0 Å². The molecule has 0 bridgehead atoms. The maximum Gasteiger partial charge on any atom is 0.0664 e. The van der Waals surface area contributed by atoms with Gasteiger partial charge in [0, 0.05) is 18.0 Å². The van der Waals surface area contributed by atoms with Crippen molar-refractivity contribution >= 4 is 0 Å². The van der Waals surface area contributed by atoms with Crippen molar-refractivity contribution in [3.8, 4) is 0 Å². The molecule has 0 aromatic carbocycles. The average Bonchev–Trinajstić information content (AvgIpc) is 2.12. The number of hydrogen-bond acceptors (Lipinski definition) is 3. The van der Waals surface area contributed by atoms with E-state index in [0.29, 0.717) is 12.6 Å². The largest absolute Gasteiger partial charge is 0.392 e. The molecule has 0 spiro atoms. The molecular formula is C11H23NO2. The summed E-state index contributed by atoms with van der Waals surface area (Å²) in [5.41, 5.74) is -0.0358. The Labute approximate surface area is 86.5 Å². The minimum Gasteiger partial charge on any atom is -0.392 e. The zero-order valence-corrected chi connectivity index (χ0v) is 9.45. The second-order valence-corrected chi connectivity index (χ2v) is 4.98. The van der Waals surface area contributed by atoms with E-state index in [2.05, 4.69) is 26.1 Å². The Hall–Kier alpha value is -0.120. The minimum absolute atomic E-state index is 0.0358. The lowest BCUT2D eigenvalue weighted by Crippen LogP contribution is -2.60. The molecule has 0 amide bonds. The second kappa shape index (κ2) is 4.60. The molecule has 3 unspecified atom stereocenters. The molecule has 0 saturated heterocycles. The van der Waals surface area contributed by atoms with Crippen molar-refractivity contribution in [2.75, 3.05) is 6.54 Å². The Bertz CT molecular complexity index is 182. The molecule has 3 N–H and O–H groups in total. The van der Waals surface area contributed by atoms with Crippen molar-refractivity contribution in [3.63, 3.8) is 0 Å². The van der Waals surface area contributed by atoms with Crippen LogP contribution in [0, 0.1) is 5.41 Å². The Balaban J connectivity index is 2.20. The van der Waals surface area contributed by atoms with E-state index in [0.717, 1.165) is 19.3 Å². The summed E-state index contributed by atoms with van der Waals surface area (Å²) in [5.74, 6) is 0. The first-order chi connectivity index (χ1) is 6.48. The van der Waals surface area contributed by atoms with E-state index >= 15 is 0 Å². The van der Waals surface area contributed by atoms with Crippen molar-refractivity contribution in [2.24, 2.45) is 5.41 Å². The van der Waals surface area contributed by atoms with Gasteiger partial charge in [0.05, 0.1) is 12.2 Å². The summed E-state index contributed by atoms with van der Waals surface area (Å²) in [6, 6.07) is 0.351. The predicted molar refractivity (Wildman–Crippen MR) is 57.1 cm³/mol. The lowest BCUT2D eigenvalue weighted by molar-refractivity contribution is -0.0749. The molecule has 0 aromatic rings. The van der Waals surface area contributed by atoms with Gasteiger partial charge in [-0.3, -0.25) is 0 Å². The summed E-state index contributed by atoms with van der Waals surface area (Å²) < 4.78 is 0. The molecule has 1 saturated carbocycles. The van der Waals surface area contributed by atoms with E-state index in [-0.39, 0.29) is 17.6 Å². The first kappa shape index (κ1) is 12.0. The Morgan fingerprint density at radius 2 is 2.14 bits per heavy atom. The first-order valence-corrected chi connectivity index (χ1v) is 5.58. The molecule has 1 aliphatic rings. The van der Waals surface area contributed by atoms with E-state index in [1.165, 1.54) is 0 Å². The molecule has 1 rings (SSSR count). The van der Waals surface area contributed by atoms with Crippen LogP contribution in [0.15, 0.2) is 0 Å². The molecule has 3 heteroatoms. The van der Waals surface area contributed by atoms with E-state index in [1.54, 1.807) is 0 Å². The minimum atomic E-state index is -0.242. The molecule has 0 radical (unpaired) electrons. The highest BCUT2D eigenvalue weighted by Crippen LogP contribution is 2.40. The van der Waals surface area contributed by atoms with Crippen molar-refractivity contribution in [2.45, 2.75) is 58.3 Å². The van der Waals surface area contributed by atoms with Crippen LogP contribution < -0.4 is 5.32 Å². The van der Waals surface area contributed by atoms with Crippen LogP contribution >= 0.6 is 0 Å². The van der Waals surface area contributed by atoms with Crippen LogP contribution in [-0.2, 0) is 0 Å². The summed E-state index contributed by atoms with van der Waals surface area (Å²) in [4.78, 5) is 0. The van der Waals surface area contributed by atoms with Crippen LogP contribution in [0.1, 0.15) is 40.0 Å². The summed E-state index contributed by atoms with van der Waals surface area (Å²) in [6.45, 7) is 6.84. The van der Waals surface area contributed by atoms with Crippen LogP contribution in [0.5, 0.6) is 0 Å². The summed E-state index contributed by atoms with van der Waals surface area (Å²) in [7, 11) is 0. The highest BCUT2D eigenvalue weighted by Gasteiger charge is 2.46. The maximum atomic E-state index is 9.53. The number of aliphatic hydroxyl groups is 2. The molecule has 3 nitrogen and oxygen atoms in total. The van der Waals surface area contributed by atoms with Gasteiger partial charge in [-0.1, -0.05) is 27.2 Å². The highest BCUT2D eigenvalue weighted by atomic mass is 16.3. The van der Waals surface area contributed by atoms with Crippen molar-refractivity contribution in [1.29, 1.82) is 0 Å². The number of hydrogen-bond donors (Lipinski definition) is 3. The fourth-order valence-electron chi connectivity index (χ4n) is 1.96. The third kappa shape index (κ3) is 2.47. The van der Waals surface area contributed by atoms with Gasteiger partial charge in [-0.05, 0) is 12.8 Å². The fourth-order valence-corrected chi connectivity index (χ4v) is 1.96. The summed E-state index contributed by atoms with van der Waals surface area (Å²) in [6.07, 6.45) is 2.24. The smallest absolute Gasteiger partial charge is 0.0664 e. The van der Waals surface area contributed by atoms with Crippen molar-refractivity contribution in [1.82, 2.24) is 5.32 Å². The second-order valence-electron chi connectivity index (χ2n) is 4.98. The van der Waals surface area contributed by atoms with Gasteiger partial charge in [-0.2, -0.15) is 0 Å². The molecule has 14 heavy (non-hydrogen) atoms. The highest BCUT2D eigenvalue weighted by molar-refractivity contribution is 5.01. The van der Waals surface area contributed by atoms with Gasteiger partial charge in [-0.25, -0.2) is 0 Å². The van der Waals surface area contributed by atoms with Crippen molar-refractivity contribution in [3.05, 3.63) is 0 Å². The molecule has 84 valence electrons. The zero-order valence-electron chi connectivity index (χ0n) is 9.45. The van der Waals surface area contributed by atoms with Gasteiger partial charge in [0.15, 0.2) is 0 Å². The van der Waals surface area contributed by atoms with Crippen LogP contribution in [-0.4, -0.2) is 35.0 Å². The zero-order chi connectivity index (χ0) is 10.8. The Kier molecular flexibility index (Phi) is 3.93. The normalized spacial score (nSPS) is 32.4. The van der Waals surface area contributed by atoms with Gasteiger partial charge in [0.2, 0.25) is 0 Å². The van der Waals surface area contributed by atoms with Gasteiger partial charge in [0.1, 0.15) is 0 Å². The standard InChI is InChI=1S/C11H23NO2/c1-4-5-8(13)7-12-9-6-10(14)11(9,2)3/h8-10,12-14H,4-7H2,1-3H3. The average molecular weight is 201 g/mol. The van der Waals surface area contributed by atoms with Gasteiger partial charge in [0.25, 0.3) is 0 Å². The lowest BCUT2D eigenvalue weighted by Gasteiger charge is -2.50. The van der Waals surface area contributed by atoms with Gasteiger partial charge >= 0.3 is 0 Å². The van der Waals surface area contributed by atoms with Gasteiger partial charge in [-0.15, -0.1) is 0 Å². The Morgan fingerprint density at radius 1 is 1.50 bits per heavy atom. The Morgan fingerprint density at radius 3 is 2.57 bits per heavy atom. The van der Waals surface area contributed by atoms with E-state index < -0.39 is 0 Å². The lowest BCUT2D eigenvalue weighted by atomic mass is 9.64. The molecule has 0 heterocycles. The molecule has 3 atom stereocenters. The fraction of sp³-hybridized carbons (Fsp3) is 1.00. The number of aliphatic hydroxyl groups excluding tert-OH is 2. The van der Waals surface area contributed by atoms with Crippen LogP contribution in [0.3, 0.4) is 0 Å². The quantitative estimate of drug-likeness (QED) is 0.619. The van der Waals surface area contributed by atoms with E-state index in [1.807, 2.05) is 0 Å². The first-order valence-electron chi connectivity index (χ1n) is 5.58. The predicted octanol–water partition coefficient (Wildman–Crippen LogP) is 0.896. The monoisotopic (exact) mass is 201 g/mol. The molecular weight excluding hydrogens is 178 g/mol. The SMILES string of the molecule is CCCC(O)CNC1CC(O)C1(C)C. The van der Waals surface area contributed by atoms with E-state index in [9.17, 15) is 10.2 Å². The van der Waals surface area contributed by atoms with Crippen LogP contribution in [0.25, 0.3) is 0 Å². The number of rotatable bonds is 5. The van der Waals surface area contributed by atoms with Crippen molar-refractivity contribution < 1.29 is 10.2 Å². The molecule has 1 aliphatic carbocycles. The van der Waals surface area contributed by atoms with Gasteiger partial charge < -0.3 is 15.5 Å². The molecule has 1 fully saturated rings. The topological polar surface area (TPSA) is 52.5 Å². The van der Waals surface area contributed by atoms with Crippen LogP contribution in [0.2, 0.25) is 0 Å². The maximum absolute atomic E-state index is 9.53. The third-order valence-electron chi connectivity index (χ3n) is 3.44. The van der Waals surface area contributed by atoms with E-state index in [4.69, 9.17) is 0 Å².